The zero-order valence-electron chi connectivity index (χ0n) is 28.5. The van der Waals surface area contributed by atoms with Crippen LogP contribution in [0, 0.1) is 0 Å². The number of fused-ring (bicyclic) bond motifs is 6. The zero-order valence-corrected chi connectivity index (χ0v) is 28.5. The van der Waals surface area contributed by atoms with Crippen molar-refractivity contribution in [3.05, 3.63) is 206 Å². The Morgan fingerprint density at radius 3 is 1.71 bits per heavy atom. The van der Waals surface area contributed by atoms with Crippen LogP contribution in [-0.2, 0) is 0 Å². The van der Waals surface area contributed by atoms with Crippen LogP contribution in [0.15, 0.2) is 206 Å². The van der Waals surface area contributed by atoms with Crippen molar-refractivity contribution in [1.29, 1.82) is 0 Å². The smallest absolute Gasteiger partial charge is 0.0547 e. The third-order valence-corrected chi connectivity index (χ3v) is 10.3. The average Bonchev–Trinajstić information content (AvgIpc) is 3.56. The molecule has 0 bridgehead atoms. The summed E-state index contributed by atoms with van der Waals surface area (Å²) in [5.41, 5.74) is 11.8. The van der Waals surface area contributed by atoms with Gasteiger partial charge in [-0.3, -0.25) is 0 Å². The molecule has 0 N–H and O–H groups in total. The normalized spacial score (nSPS) is 11.5. The first-order valence-electron chi connectivity index (χ1n) is 17.9. The molecule has 0 aliphatic heterocycles. The lowest BCUT2D eigenvalue weighted by Crippen LogP contribution is -2.09. The van der Waals surface area contributed by atoms with Gasteiger partial charge < -0.3 is 9.47 Å². The molecule has 52 heavy (non-hydrogen) atoms. The molecular formula is C50H34N2. The molecule has 0 spiro atoms. The van der Waals surface area contributed by atoms with Gasteiger partial charge in [0, 0.05) is 33.5 Å². The Morgan fingerprint density at radius 1 is 0.327 bits per heavy atom. The first-order valence-corrected chi connectivity index (χ1v) is 17.9. The lowest BCUT2D eigenvalue weighted by atomic mass is 9.94. The predicted octanol–water partition coefficient (Wildman–Crippen LogP) is 13.9. The van der Waals surface area contributed by atoms with Crippen LogP contribution in [0.2, 0.25) is 0 Å². The van der Waals surface area contributed by atoms with Gasteiger partial charge in [-0.2, -0.15) is 0 Å². The summed E-state index contributed by atoms with van der Waals surface area (Å²) in [4.78, 5) is 2.34. The molecule has 0 aliphatic carbocycles. The first kappa shape index (κ1) is 30.0. The van der Waals surface area contributed by atoms with Crippen molar-refractivity contribution < 1.29 is 0 Å². The predicted molar refractivity (Wildman–Crippen MR) is 221 cm³/mol. The molecule has 1 aromatic heterocycles. The minimum Gasteiger partial charge on any atom is -0.310 e. The van der Waals surface area contributed by atoms with Crippen molar-refractivity contribution in [2.45, 2.75) is 0 Å². The maximum absolute atomic E-state index is 2.43. The fraction of sp³-hybridized carbons (Fsp3) is 0. The highest BCUT2D eigenvalue weighted by Crippen LogP contribution is 2.42. The van der Waals surface area contributed by atoms with Gasteiger partial charge in [0.2, 0.25) is 0 Å². The summed E-state index contributed by atoms with van der Waals surface area (Å²) in [6.07, 6.45) is 0. The van der Waals surface area contributed by atoms with Gasteiger partial charge in [-0.1, -0.05) is 146 Å². The van der Waals surface area contributed by atoms with Gasteiger partial charge in [-0.15, -0.1) is 0 Å². The number of hydrogen-bond acceptors (Lipinski definition) is 1. The molecule has 244 valence electrons. The number of rotatable bonds is 6. The molecule has 0 saturated carbocycles. The largest absolute Gasteiger partial charge is 0.310 e. The van der Waals surface area contributed by atoms with Crippen molar-refractivity contribution in [1.82, 2.24) is 4.57 Å². The van der Waals surface area contributed by atoms with Gasteiger partial charge in [-0.25, -0.2) is 0 Å². The lowest BCUT2D eigenvalue weighted by Gasteiger charge is -2.26. The van der Waals surface area contributed by atoms with Crippen molar-refractivity contribution in [2.24, 2.45) is 0 Å². The van der Waals surface area contributed by atoms with Crippen LogP contribution in [0.1, 0.15) is 0 Å². The molecule has 1 heterocycles. The zero-order chi connectivity index (χ0) is 34.4. The monoisotopic (exact) mass is 662 g/mol. The SMILES string of the molecule is c1ccc(-c2ccc(N(c3ccccc3)c3ccc4cc(-n5c6ccccc6c6c7c(-c8ccccc8)cccc7ccc65)ccc4c3)cc2)cc1. The Morgan fingerprint density at radius 2 is 0.923 bits per heavy atom. The van der Waals surface area contributed by atoms with Crippen LogP contribution >= 0.6 is 0 Å². The van der Waals surface area contributed by atoms with E-state index in [1.165, 1.54) is 65.6 Å². The molecule has 0 aliphatic rings. The minimum atomic E-state index is 1.12. The molecule has 0 radical (unpaired) electrons. The third-order valence-electron chi connectivity index (χ3n) is 10.3. The average molecular weight is 663 g/mol. The van der Waals surface area contributed by atoms with Crippen molar-refractivity contribution in [3.8, 4) is 27.9 Å². The van der Waals surface area contributed by atoms with Crippen LogP contribution in [0.3, 0.4) is 0 Å². The fourth-order valence-electron chi connectivity index (χ4n) is 7.93. The van der Waals surface area contributed by atoms with Gasteiger partial charge in [0.1, 0.15) is 0 Å². The number of benzene rings is 9. The van der Waals surface area contributed by atoms with E-state index in [4.69, 9.17) is 0 Å². The van der Waals surface area contributed by atoms with Crippen molar-refractivity contribution >= 4 is 60.4 Å². The highest BCUT2D eigenvalue weighted by Gasteiger charge is 2.18. The van der Waals surface area contributed by atoms with E-state index in [1.54, 1.807) is 0 Å². The molecule has 0 amide bonds. The van der Waals surface area contributed by atoms with E-state index in [1.807, 2.05) is 0 Å². The molecule has 2 nitrogen and oxygen atoms in total. The first-order chi connectivity index (χ1) is 25.8. The third kappa shape index (κ3) is 5.04. The van der Waals surface area contributed by atoms with E-state index < -0.39 is 0 Å². The van der Waals surface area contributed by atoms with Gasteiger partial charge in [0.05, 0.1) is 11.0 Å². The molecule has 9 aromatic carbocycles. The molecular weight excluding hydrogens is 629 g/mol. The van der Waals surface area contributed by atoms with E-state index in [-0.39, 0.29) is 0 Å². The quantitative estimate of drug-likeness (QED) is 0.172. The number of nitrogens with zero attached hydrogens (tertiary/aromatic N) is 2. The summed E-state index contributed by atoms with van der Waals surface area (Å²) < 4.78 is 2.43. The number of anilines is 3. The Balaban J connectivity index is 1.11. The second kappa shape index (κ2) is 12.5. The minimum absolute atomic E-state index is 1.12. The molecule has 2 heteroatoms. The van der Waals surface area contributed by atoms with E-state index >= 15 is 0 Å². The van der Waals surface area contributed by atoms with Crippen LogP contribution in [-0.4, -0.2) is 4.57 Å². The Kier molecular flexibility index (Phi) is 7.18. The second-order valence-electron chi connectivity index (χ2n) is 13.4. The molecule has 0 unspecified atom stereocenters. The number of aromatic nitrogens is 1. The molecule has 10 rings (SSSR count). The van der Waals surface area contributed by atoms with Gasteiger partial charge in [0.25, 0.3) is 0 Å². The van der Waals surface area contributed by atoms with E-state index in [2.05, 4.69) is 216 Å². The van der Waals surface area contributed by atoms with Crippen LogP contribution < -0.4 is 4.90 Å². The molecule has 0 saturated heterocycles. The fourth-order valence-corrected chi connectivity index (χ4v) is 7.93. The Bertz CT molecular complexity index is 2870. The molecule has 0 fully saturated rings. The molecule has 10 aromatic rings. The Hall–Kier alpha value is -6.90. The second-order valence-corrected chi connectivity index (χ2v) is 13.4. The van der Waals surface area contributed by atoms with Crippen LogP contribution in [0.25, 0.3) is 71.3 Å². The summed E-state index contributed by atoms with van der Waals surface area (Å²) in [6, 6.07) is 74.6. The highest BCUT2D eigenvalue weighted by atomic mass is 15.1. The summed E-state index contributed by atoms with van der Waals surface area (Å²) in [5, 5.41) is 7.49. The standard InChI is InChI=1S/C50H34N2/c1-4-13-35(14-5-1)36-23-28-42(29-24-36)51(41-18-8-3-9-19-41)43-30-25-40-34-44(31-26-39(40)33-43)52-47-22-11-10-20-46(47)50-48(52)32-27-38-17-12-21-45(49(38)50)37-15-6-2-7-16-37/h1-34H. The van der Waals surface area contributed by atoms with Gasteiger partial charge in [-0.05, 0) is 104 Å². The van der Waals surface area contributed by atoms with Crippen molar-refractivity contribution in [3.63, 3.8) is 0 Å². The highest BCUT2D eigenvalue weighted by molar-refractivity contribution is 6.25. The summed E-state index contributed by atoms with van der Waals surface area (Å²) >= 11 is 0. The molecule has 0 atom stereocenters. The summed E-state index contributed by atoms with van der Waals surface area (Å²) in [6.45, 7) is 0. The maximum atomic E-state index is 2.43. The summed E-state index contributed by atoms with van der Waals surface area (Å²) in [7, 11) is 0. The van der Waals surface area contributed by atoms with Crippen molar-refractivity contribution in [2.75, 3.05) is 4.90 Å². The summed E-state index contributed by atoms with van der Waals surface area (Å²) in [5.74, 6) is 0. The number of para-hydroxylation sites is 2. The maximum Gasteiger partial charge on any atom is 0.0547 e. The van der Waals surface area contributed by atoms with Gasteiger partial charge in [0.15, 0.2) is 0 Å². The van der Waals surface area contributed by atoms with Crippen LogP contribution in [0.4, 0.5) is 17.1 Å². The van der Waals surface area contributed by atoms with E-state index in [0.29, 0.717) is 0 Å². The van der Waals surface area contributed by atoms with Crippen LogP contribution in [0.5, 0.6) is 0 Å². The number of hydrogen-bond donors (Lipinski definition) is 0. The van der Waals surface area contributed by atoms with Gasteiger partial charge >= 0.3 is 0 Å². The van der Waals surface area contributed by atoms with E-state index in [0.717, 1.165) is 22.7 Å². The lowest BCUT2D eigenvalue weighted by molar-refractivity contribution is 1.19. The topological polar surface area (TPSA) is 8.17 Å². The Labute approximate surface area is 303 Å². The van der Waals surface area contributed by atoms with E-state index in [9.17, 15) is 0 Å².